The Balaban J connectivity index is 1.90. The van der Waals surface area contributed by atoms with E-state index in [1.165, 1.54) is 6.39 Å². The predicted octanol–water partition coefficient (Wildman–Crippen LogP) is 2.19. The second kappa shape index (κ2) is 5.07. The molecule has 0 bridgehead atoms. The van der Waals surface area contributed by atoms with E-state index < -0.39 is 0 Å². The van der Waals surface area contributed by atoms with E-state index in [0.717, 1.165) is 22.4 Å². The summed E-state index contributed by atoms with van der Waals surface area (Å²) in [5.74, 6) is 1.58. The van der Waals surface area contributed by atoms with Gasteiger partial charge in [0.05, 0.1) is 0 Å². The lowest BCUT2D eigenvalue weighted by Gasteiger charge is -2.07. The standard InChI is InChI=1S/C10H11BrN4O/c1-7-4-8(11)5-13-10(7)12-3-2-9-14-6-16-15-9/h4-6H,2-3H2,1H3,(H,12,13). The van der Waals surface area contributed by atoms with Gasteiger partial charge in [0.2, 0.25) is 6.39 Å². The number of halogens is 1. The number of pyridine rings is 1. The molecule has 6 heteroatoms. The van der Waals surface area contributed by atoms with Crippen LogP contribution in [0, 0.1) is 6.92 Å². The summed E-state index contributed by atoms with van der Waals surface area (Å²) in [6.45, 7) is 2.74. The van der Waals surface area contributed by atoms with Crippen LogP contribution in [0.1, 0.15) is 11.4 Å². The molecule has 0 amide bonds. The molecule has 0 saturated heterocycles. The molecule has 0 atom stereocenters. The number of aromatic nitrogens is 3. The van der Waals surface area contributed by atoms with Gasteiger partial charge >= 0.3 is 0 Å². The van der Waals surface area contributed by atoms with Crippen LogP contribution in [0.4, 0.5) is 5.82 Å². The molecule has 84 valence electrons. The van der Waals surface area contributed by atoms with Crippen molar-refractivity contribution in [3.05, 3.63) is 34.5 Å². The van der Waals surface area contributed by atoms with Gasteiger partial charge in [-0.2, -0.15) is 4.98 Å². The molecule has 0 fully saturated rings. The fourth-order valence-corrected chi connectivity index (χ4v) is 1.77. The Morgan fingerprint density at radius 1 is 1.44 bits per heavy atom. The predicted molar refractivity (Wildman–Crippen MR) is 63.2 cm³/mol. The zero-order valence-corrected chi connectivity index (χ0v) is 10.4. The van der Waals surface area contributed by atoms with Crippen LogP contribution in [0.15, 0.2) is 27.7 Å². The zero-order chi connectivity index (χ0) is 11.4. The summed E-state index contributed by atoms with van der Waals surface area (Å²) in [5, 5.41) is 6.95. The summed E-state index contributed by atoms with van der Waals surface area (Å²) >= 11 is 3.37. The summed E-state index contributed by atoms with van der Waals surface area (Å²) in [6.07, 6.45) is 3.82. The number of nitrogens with one attached hydrogen (secondary N) is 1. The highest BCUT2D eigenvalue weighted by Gasteiger charge is 2.01. The monoisotopic (exact) mass is 282 g/mol. The van der Waals surface area contributed by atoms with Crippen molar-refractivity contribution in [1.29, 1.82) is 0 Å². The molecule has 0 saturated carbocycles. The van der Waals surface area contributed by atoms with E-state index in [1.807, 2.05) is 13.0 Å². The molecule has 0 spiro atoms. The molecular weight excluding hydrogens is 272 g/mol. The van der Waals surface area contributed by atoms with Gasteiger partial charge in [0, 0.05) is 23.6 Å². The van der Waals surface area contributed by atoms with Crippen LogP contribution in [-0.2, 0) is 6.42 Å². The van der Waals surface area contributed by atoms with Crippen LogP contribution < -0.4 is 5.32 Å². The Kier molecular flexibility index (Phi) is 3.51. The third kappa shape index (κ3) is 2.79. The maximum absolute atomic E-state index is 4.65. The molecule has 0 aliphatic carbocycles. The summed E-state index contributed by atoms with van der Waals surface area (Å²) in [5.41, 5.74) is 1.10. The Bertz CT molecular complexity index is 458. The topological polar surface area (TPSA) is 63.8 Å². The third-order valence-corrected chi connectivity index (χ3v) is 2.53. The average Bonchev–Trinajstić information content (AvgIpc) is 2.74. The number of anilines is 1. The van der Waals surface area contributed by atoms with Crippen molar-refractivity contribution in [2.24, 2.45) is 0 Å². The fraction of sp³-hybridized carbons (Fsp3) is 0.300. The second-order valence-corrected chi connectivity index (χ2v) is 4.26. The molecule has 2 heterocycles. The third-order valence-electron chi connectivity index (χ3n) is 2.09. The van der Waals surface area contributed by atoms with Crippen LogP contribution in [0.5, 0.6) is 0 Å². The second-order valence-electron chi connectivity index (χ2n) is 3.34. The van der Waals surface area contributed by atoms with Gasteiger partial charge in [-0.1, -0.05) is 5.16 Å². The van der Waals surface area contributed by atoms with Crippen LogP contribution in [-0.4, -0.2) is 21.7 Å². The summed E-state index contributed by atoms with van der Waals surface area (Å²) in [6, 6.07) is 2.02. The minimum atomic E-state index is 0.697. The lowest BCUT2D eigenvalue weighted by molar-refractivity contribution is 0.410. The Labute approximate surface area is 101 Å². The van der Waals surface area contributed by atoms with Crippen molar-refractivity contribution < 1.29 is 4.52 Å². The summed E-state index contributed by atoms with van der Waals surface area (Å²) in [4.78, 5) is 8.21. The van der Waals surface area contributed by atoms with E-state index in [0.29, 0.717) is 12.2 Å². The van der Waals surface area contributed by atoms with E-state index >= 15 is 0 Å². The number of aryl methyl sites for hydroxylation is 1. The minimum absolute atomic E-state index is 0.697. The molecule has 2 rings (SSSR count). The highest BCUT2D eigenvalue weighted by Crippen LogP contribution is 2.16. The van der Waals surface area contributed by atoms with Gasteiger partial charge in [0.15, 0.2) is 5.82 Å². The quantitative estimate of drug-likeness (QED) is 0.931. The molecule has 5 nitrogen and oxygen atoms in total. The highest BCUT2D eigenvalue weighted by molar-refractivity contribution is 9.10. The molecule has 1 N–H and O–H groups in total. The van der Waals surface area contributed by atoms with Crippen molar-refractivity contribution in [2.75, 3.05) is 11.9 Å². The number of nitrogens with zero attached hydrogens (tertiary/aromatic N) is 3. The molecule has 16 heavy (non-hydrogen) atoms. The van der Waals surface area contributed by atoms with Crippen molar-refractivity contribution in [3.8, 4) is 0 Å². The highest BCUT2D eigenvalue weighted by atomic mass is 79.9. The summed E-state index contributed by atoms with van der Waals surface area (Å²) < 4.78 is 5.63. The van der Waals surface area contributed by atoms with Crippen molar-refractivity contribution in [1.82, 2.24) is 15.1 Å². The summed E-state index contributed by atoms with van der Waals surface area (Å²) in [7, 11) is 0. The zero-order valence-electron chi connectivity index (χ0n) is 8.77. The maximum Gasteiger partial charge on any atom is 0.213 e. The largest absolute Gasteiger partial charge is 0.369 e. The van der Waals surface area contributed by atoms with Gasteiger partial charge in [-0.05, 0) is 34.5 Å². The van der Waals surface area contributed by atoms with E-state index in [4.69, 9.17) is 0 Å². The van der Waals surface area contributed by atoms with Crippen LogP contribution >= 0.6 is 15.9 Å². The van der Waals surface area contributed by atoms with Gasteiger partial charge in [-0.25, -0.2) is 4.98 Å². The van der Waals surface area contributed by atoms with E-state index in [1.54, 1.807) is 6.20 Å². The van der Waals surface area contributed by atoms with Gasteiger partial charge < -0.3 is 9.84 Å². The minimum Gasteiger partial charge on any atom is -0.369 e. The molecule has 0 aliphatic heterocycles. The fourth-order valence-electron chi connectivity index (χ4n) is 1.32. The van der Waals surface area contributed by atoms with Gasteiger partial charge in [-0.3, -0.25) is 0 Å². The van der Waals surface area contributed by atoms with Crippen molar-refractivity contribution >= 4 is 21.7 Å². The maximum atomic E-state index is 4.65. The van der Waals surface area contributed by atoms with Gasteiger partial charge in [-0.15, -0.1) is 0 Å². The molecule has 0 aromatic carbocycles. The smallest absolute Gasteiger partial charge is 0.213 e. The van der Waals surface area contributed by atoms with Crippen LogP contribution in [0.3, 0.4) is 0 Å². The van der Waals surface area contributed by atoms with Crippen molar-refractivity contribution in [3.63, 3.8) is 0 Å². The molecule has 0 unspecified atom stereocenters. The Hall–Kier alpha value is -1.43. The number of hydrogen-bond acceptors (Lipinski definition) is 5. The average molecular weight is 283 g/mol. The van der Waals surface area contributed by atoms with E-state index in [9.17, 15) is 0 Å². The number of rotatable bonds is 4. The lowest BCUT2D eigenvalue weighted by Crippen LogP contribution is -2.08. The normalized spacial score (nSPS) is 10.4. The van der Waals surface area contributed by atoms with Crippen LogP contribution in [0.25, 0.3) is 0 Å². The lowest BCUT2D eigenvalue weighted by atomic mass is 10.3. The first-order valence-electron chi connectivity index (χ1n) is 4.87. The first kappa shape index (κ1) is 11.1. The molecular formula is C10H11BrN4O. The molecule has 2 aromatic heterocycles. The SMILES string of the molecule is Cc1cc(Br)cnc1NCCc1ncon1. The van der Waals surface area contributed by atoms with E-state index in [-0.39, 0.29) is 0 Å². The first-order chi connectivity index (χ1) is 7.75. The number of hydrogen-bond donors (Lipinski definition) is 1. The van der Waals surface area contributed by atoms with E-state index in [2.05, 4.69) is 40.9 Å². The van der Waals surface area contributed by atoms with Crippen molar-refractivity contribution in [2.45, 2.75) is 13.3 Å². The first-order valence-corrected chi connectivity index (χ1v) is 5.66. The molecule has 0 aliphatic rings. The molecule has 2 aromatic rings. The van der Waals surface area contributed by atoms with Gasteiger partial charge in [0.1, 0.15) is 5.82 Å². The Morgan fingerprint density at radius 3 is 3.00 bits per heavy atom. The Morgan fingerprint density at radius 2 is 2.31 bits per heavy atom. The van der Waals surface area contributed by atoms with Gasteiger partial charge in [0.25, 0.3) is 0 Å². The molecule has 0 radical (unpaired) electrons. The van der Waals surface area contributed by atoms with Crippen LogP contribution in [0.2, 0.25) is 0 Å².